The van der Waals surface area contributed by atoms with Gasteiger partial charge in [-0.2, -0.15) is 0 Å². The average Bonchev–Trinajstić information content (AvgIpc) is 3.21. The van der Waals surface area contributed by atoms with Crippen LogP contribution in [0.4, 0.5) is 0 Å². The fourth-order valence-corrected chi connectivity index (χ4v) is 5.87. The van der Waals surface area contributed by atoms with E-state index < -0.39 is 0 Å². The van der Waals surface area contributed by atoms with Crippen LogP contribution in [0.15, 0.2) is 0 Å². The van der Waals surface area contributed by atoms with E-state index in [1.165, 1.54) is 51.4 Å². The molecule has 0 heterocycles. The molecule has 5 aliphatic rings. The molecule has 21 heavy (non-hydrogen) atoms. The predicted octanol–water partition coefficient (Wildman–Crippen LogP) is 2.71. The van der Waals surface area contributed by atoms with Crippen molar-refractivity contribution in [3.05, 3.63) is 0 Å². The van der Waals surface area contributed by atoms with Crippen molar-refractivity contribution in [3.63, 3.8) is 0 Å². The van der Waals surface area contributed by atoms with Gasteiger partial charge in [0, 0.05) is 6.04 Å². The van der Waals surface area contributed by atoms with E-state index in [1.807, 2.05) is 0 Å². The molecule has 5 aliphatic carbocycles. The van der Waals surface area contributed by atoms with Crippen LogP contribution in [0.2, 0.25) is 0 Å². The lowest BCUT2D eigenvalue weighted by Crippen LogP contribution is -2.56. The highest BCUT2D eigenvalue weighted by atomic mass is 16.2. The molecule has 0 aromatic heterocycles. The second kappa shape index (κ2) is 5.26. The summed E-state index contributed by atoms with van der Waals surface area (Å²) < 4.78 is 0. The van der Waals surface area contributed by atoms with Gasteiger partial charge in [-0.15, -0.1) is 0 Å². The van der Waals surface area contributed by atoms with Gasteiger partial charge in [0.25, 0.3) is 0 Å². The van der Waals surface area contributed by atoms with Crippen LogP contribution in [-0.4, -0.2) is 25.0 Å². The van der Waals surface area contributed by atoms with Crippen molar-refractivity contribution in [2.45, 2.75) is 64.3 Å². The van der Waals surface area contributed by atoms with Gasteiger partial charge in [0.15, 0.2) is 0 Å². The molecule has 5 saturated carbocycles. The van der Waals surface area contributed by atoms with Crippen molar-refractivity contribution in [2.24, 2.45) is 29.1 Å². The summed E-state index contributed by atoms with van der Waals surface area (Å²) in [6.07, 6.45) is 11.2. The zero-order valence-electron chi connectivity index (χ0n) is 13.4. The number of amides is 1. The number of hydrogen-bond acceptors (Lipinski definition) is 2. The standard InChI is InChI=1S/C18H30N2O/c1-12(20-17(21)11-19-10-13-2-3-13)18-7-14-4-15(8-18)6-16(5-14)9-18/h12-16,19H,2-11H2,1H3,(H,20,21). The van der Waals surface area contributed by atoms with E-state index in [0.29, 0.717) is 18.0 Å². The topological polar surface area (TPSA) is 41.1 Å². The van der Waals surface area contributed by atoms with Gasteiger partial charge in [-0.3, -0.25) is 4.79 Å². The maximum absolute atomic E-state index is 12.2. The van der Waals surface area contributed by atoms with Gasteiger partial charge in [0.05, 0.1) is 6.54 Å². The highest BCUT2D eigenvalue weighted by Gasteiger charge is 2.53. The molecular weight excluding hydrogens is 260 g/mol. The van der Waals surface area contributed by atoms with E-state index >= 15 is 0 Å². The third-order valence-electron chi connectivity index (χ3n) is 6.80. The first-order chi connectivity index (χ1) is 10.1. The van der Waals surface area contributed by atoms with E-state index in [0.717, 1.165) is 30.2 Å². The molecule has 1 unspecified atom stereocenters. The predicted molar refractivity (Wildman–Crippen MR) is 83.8 cm³/mol. The van der Waals surface area contributed by atoms with Crippen LogP contribution in [0.1, 0.15) is 58.3 Å². The summed E-state index contributed by atoms with van der Waals surface area (Å²) in [5.41, 5.74) is 0.431. The highest BCUT2D eigenvalue weighted by molar-refractivity contribution is 5.78. The van der Waals surface area contributed by atoms with Gasteiger partial charge in [0.2, 0.25) is 5.91 Å². The molecule has 1 atom stereocenters. The molecule has 0 aromatic rings. The normalized spacial score (nSPS) is 42.0. The first kappa shape index (κ1) is 14.0. The fraction of sp³-hybridized carbons (Fsp3) is 0.944. The van der Waals surface area contributed by atoms with E-state index in [-0.39, 0.29) is 5.91 Å². The monoisotopic (exact) mass is 290 g/mol. The minimum atomic E-state index is 0.207. The Kier molecular flexibility index (Phi) is 3.52. The van der Waals surface area contributed by atoms with Crippen LogP contribution in [0.25, 0.3) is 0 Å². The average molecular weight is 290 g/mol. The van der Waals surface area contributed by atoms with E-state index in [9.17, 15) is 4.79 Å². The second-order valence-corrected chi connectivity index (χ2v) is 8.64. The number of carbonyl (C=O) groups excluding carboxylic acids is 1. The maximum Gasteiger partial charge on any atom is 0.234 e. The summed E-state index contributed by atoms with van der Waals surface area (Å²) in [5, 5.41) is 6.64. The Balaban J connectivity index is 1.31. The molecule has 0 saturated heterocycles. The lowest BCUT2D eigenvalue weighted by molar-refractivity contribution is -0.125. The number of nitrogens with one attached hydrogen (secondary N) is 2. The van der Waals surface area contributed by atoms with Crippen LogP contribution in [0.3, 0.4) is 0 Å². The van der Waals surface area contributed by atoms with Crippen molar-refractivity contribution < 1.29 is 4.79 Å². The second-order valence-electron chi connectivity index (χ2n) is 8.64. The van der Waals surface area contributed by atoms with Crippen molar-refractivity contribution in [1.29, 1.82) is 0 Å². The van der Waals surface area contributed by atoms with Gasteiger partial charge in [-0.05, 0) is 93.9 Å². The quantitative estimate of drug-likeness (QED) is 0.790. The maximum atomic E-state index is 12.2. The van der Waals surface area contributed by atoms with Crippen LogP contribution in [0, 0.1) is 29.1 Å². The molecular formula is C18H30N2O. The highest BCUT2D eigenvalue weighted by Crippen LogP contribution is 2.61. The minimum Gasteiger partial charge on any atom is -0.352 e. The van der Waals surface area contributed by atoms with Crippen LogP contribution in [0.5, 0.6) is 0 Å². The molecule has 3 heteroatoms. The van der Waals surface area contributed by atoms with E-state index in [4.69, 9.17) is 0 Å². The molecule has 2 N–H and O–H groups in total. The summed E-state index contributed by atoms with van der Waals surface area (Å²) in [6, 6.07) is 0.362. The molecule has 118 valence electrons. The molecule has 3 nitrogen and oxygen atoms in total. The van der Waals surface area contributed by atoms with Crippen LogP contribution < -0.4 is 10.6 Å². The van der Waals surface area contributed by atoms with Gasteiger partial charge >= 0.3 is 0 Å². The Bertz CT molecular complexity index is 380. The van der Waals surface area contributed by atoms with Gasteiger partial charge in [-0.25, -0.2) is 0 Å². The Morgan fingerprint density at radius 3 is 2.19 bits per heavy atom. The summed E-state index contributed by atoms with van der Waals surface area (Å²) in [7, 11) is 0. The van der Waals surface area contributed by atoms with Gasteiger partial charge in [0.1, 0.15) is 0 Å². The molecule has 0 radical (unpaired) electrons. The van der Waals surface area contributed by atoms with Crippen molar-refractivity contribution in [1.82, 2.24) is 10.6 Å². The summed E-state index contributed by atoms with van der Waals surface area (Å²) in [6.45, 7) is 3.80. The van der Waals surface area contributed by atoms with E-state index in [2.05, 4.69) is 17.6 Å². The Morgan fingerprint density at radius 2 is 1.67 bits per heavy atom. The summed E-state index contributed by atoms with van der Waals surface area (Å²) >= 11 is 0. The largest absolute Gasteiger partial charge is 0.352 e. The lowest BCUT2D eigenvalue weighted by Gasteiger charge is -2.59. The fourth-order valence-electron chi connectivity index (χ4n) is 5.87. The van der Waals surface area contributed by atoms with Crippen molar-refractivity contribution in [3.8, 4) is 0 Å². The first-order valence-electron chi connectivity index (χ1n) is 9.13. The summed E-state index contributed by atoms with van der Waals surface area (Å²) in [4.78, 5) is 12.2. The zero-order valence-corrected chi connectivity index (χ0v) is 13.4. The summed E-state index contributed by atoms with van der Waals surface area (Å²) in [5.74, 6) is 3.94. The minimum absolute atomic E-state index is 0.207. The van der Waals surface area contributed by atoms with Crippen molar-refractivity contribution >= 4 is 5.91 Å². The molecule has 5 fully saturated rings. The van der Waals surface area contributed by atoms with Gasteiger partial charge in [-0.1, -0.05) is 0 Å². The lowest BCUT2D eigenvalue weighted by atomic mass is 9.48. The van der Waals surface area contributed by atoms with Crippen LogP contribution >= 0.6 is 0 Å². The molecule has 5 rings (SSSR count). The molecule has 4 bridgehead atoms. The zero-order chi connectivity index (χ0) is 14.4. The third-order valence-corrected chi connectivity index (χ3v) is 6.80. The number of hydrogen-bond donors (Lipinski definition) is 2. The molecule has 0 aliphatic heterocycles. The Hall–Kier alpha value is -0.570. The van der Waals surface area contributed by atoms with Crippen LogP contribution in [-0.2, 0) is 4.79 Å². The number of rotatable bonds is 6. The first-order valence-corrected chi connectivity index (χ1v) is 9.13. The number of carbonyl (C=O) groups is 1. The third kappa shape index (κ3) is 2.86. The molecule has 0 spiro atoms. The molecule has 0 aromatic carbocycles. The van der Waals surface area contributed by atoms with E-state index in [1.54, 1.807) is 0 Å². The SMILES string of the molecule is CC(NC(=O)CNCC1CC1)C12CC3CC(CC(C3)C1)C2. The Labute approximate surface area is 128 Å². The Morgan fingerprint density at radius 1 is 1.10 bits per heavy atom. The smallest absolute Gasteiger partial charge is 0.234 e. The van der Waals surface area contributed by atoms with Gasteiger partial charge < -0.3 is 10.6 Å². The van der Waals surface area contributed by atoms with Crippen molar-refractivity contribution in [2.75, 3.05) is 13.1 Å². The molecule has 1 amide bonds.